The molecule has 1 atom stereocenters. The summed E-state index contributed by atoms with van der Waals surface area (Å²) in [6.45, 7) is 0. The van der Waals surface area contributed by atoms with Crippen molar-refractivity contribution in [1.82, 2.24) is 0 Å². The normalized spacial score (nSPS) is 18.2. The second-order valence-electron chi connectivity index (χ2n) is 7.36. The van der Waals surface area contributed by atoms with Crippen molar-refractivity contribution in [3.8, 4) is 23.0 Å². The van der Waals surface area contributed by atoms with Crippen LogP contribution in [0.1, 0.15) is 39.4 Å². The van der Waals surface area contributed by atoms with Gasteiger partial charge >= 0.3 is 5.97 Å². The van der Waals surface area contributed by atoms with Crippen LogP contribution in [0.4, 0.5) is 0 Å². The minimum atomic E-state index is -0.406. The lowest BCUT2D eigenvalue weighted by molar-refractivity contribution is -0.135. The highest BCUT2D eigenvalue weighted by Crippen LogP contribution is 2.49. The number of allylic oxidation sites excluding steroid dienone is 1. The van der Waals surface area contributed by atoms with Gasteiger partial charge in [0, 0.05) is 17.0 Å². The van der Waals surface area contributed by atoms with Crippen LogP contribution in [-0.4, -0.2) is 24.0 Å². The molecule has 3 aromatic rings. The average Bonchev–Trinajstić information content (AvgIpc) is 3.08. The van der Waals surface area contributed by atoms with Crippen molar-refractivity contribution in [1.29, 1.82) is 0 Å². The Morgan fingerprint density at radius 3 is 2.68 bits per heavy atom. The number of hydrogen-bond acceptors (Lipinski definition) is 6. The summed E-state index contributed by atoms with van der Waals surface area (Å²) in [7, 11) is 1.56. The Morgan fingerprint density at radius 2 is 1.87 bits per heavy atom. The number of carbonyl (C=O) groups is 2. The number of aromatic hydroxyl groups is 1. The van der Waals surface area contributed by atoms with E-state index in [1.807, 2.05) is 24.3 Å². The first-order chi connectivity index (χ1) is 15.0. The minimum Gasteiger partial charge on any atom is -0.508 e. The highest BCUT2D eigenvalue weighted by atomic mass is 16.5. The molecule has 0 fully saturated rings. The Hall–Kier alpha value is -4.06. The molecule has 31 heavy (non-hydrogen) atoms. The summed E-state index contributed by atoms with van der Waals surface area (Å²) in [6.07, 6.45) is 1.72. The third-order valence-corrected chi connectivity index (χ3v) is 5.48. The lowest BCUT2D eigenvalue weighted by Crippen LogP contribution is -2.21. The van der Waals surface area contributed by atoms with Crippen molar-refractivity contribution in [2.75, 3.05) is 7.11 Å². The van der Waals surface area contributed by atoms with Crippen molar-refractivity contribution in [3.05, 3.63) is 88.7 Å². The van der Waals surface area contributed by atoms with Crippen LogP contribution in [-0.2, 0) is 4.79 Å². The highest BCUT2D eigenvalue weighted by molar-refractivity contribution is 6.15. The zero-order valence-corrected chi connectivity index (χ0v) is 16.6. The number of ether oxygens (including phenoxy) is 3. The number of para-hydroxylation sites is 1. The maximum atomic E-state index is 13.1. The number of methoxy groups -OCH3 is 1. The van der Waals surface area contributed by atoms with Crippen molar-refractivity contribution in [2.45, 2.75) is 12.3 Å². The number of fused-ring (bicyclic) bond motifs is 3. The number of esters is 1. The van der Waals surface area contributed by atoms with Crippen LogP contribution in [0.15, 0.2) is 66.4 Å². The van der Waals surface area contributed by atoms with Gasteiger partial charge in [-0.25, -0.2) is 0 Å². The van der Waals surface area contributed by atoms with Gasteiger partial charge in [0.2, 0.25) is 5.78 Å². The maximum absolute atomic E-state index is 13.1. The first-order valence-corrected chi connectivity index (χ1v) is 9.79. The highest BCUT2D eigenvalue weighted by Gasteiger charge is 2.38. The second-order valence-corrected chi connectivity index (χ2v) is 7.36. The quantitative estimate of drug-likeness (QED) is 0.387. The molecule has 1 unspecified atom stereocenters. The molecular formula is C25H18O6. The fourth-order valence-electron chi connectivity index (χ4n) is 4.06. The lowest BCUT2D eigenvalue weighted by Gasteiger charge is -2.26. The molecule has 6 heteroatoms. The van der Waals surface area contributed by atoms with Crippen LogP contribution in [0.5, 0.6) is 23.0 Å². The van der Waals surface area contributed by atoms with Gasteiger partial charge in [-0.15, -0.1) is 0 Å². The Bertz CT molecular complexity index is 1260. The third kappa shape index (κ3) is 3.22. The average molecular weight is 414 g/mol. The summed E-state index contributed by atoms with van der Waals surface area (Å²) in [4.78, 5) is 25.3. The zero-order valence-electron chi connectivity index (χ0n) is 16.6. The third-order valence-electron chi connectivity index (χ3n) is 5.48. The van der Waals surface area contributed by atoms with Crippen molar-refractivity contribution in [3.63, 3.8) is 0 Å². The number of Topliss-reactive ketones (excluding diaryl/α,β-unsaturated/α-hetero) is 1. The number of carbonyl (C=O) groups excluding carboxylic acids is 2. The van der Waals surface area contributed by atoms with Crippen LogP contribution < -0.4 is 14.2 Å². The van der Waals surface area contributed by atoms with Crippen LogP contribution in [0.25, 0.3) is 6.08 Å². The molecule has 2 aliphatic rings. The van der Waals surface area contributed by atoms with Crippen molar-refractivity contribution < 1.29 is 28.9 Å². The molecule has 0 bridgehead atoms. The number of rotatable bonds is 3. The molecule has 0 aromatic heterocycles. The summed E-state index contributed by atoms with van der Waals surface area (Å²) < 4.78 is 16.8. The second kappa shape index (κ2) is 7.32. The van der Waals surface area contributed by atoms with Gasteiger partial charge < -0.3 is 19.3 Å². The Labute approximate surface area is 178 Å². The molecule has 2 heterocycles. The van der Waals surface area contributed by atoms with E-state index >= 15 is 0 Å². The number of ketones is 1. The Balaban J connectivity index is 1.63. The summed E-state index contributed by atoms with van der Waals surface area (Å²) in [6, 6.07) is 17.3. The van der Waals surface area contributed by atoms with Crippen LogP contribution in [0.2, 0.25) is 0 Å². The molecule has 0 spiro atoms. The molecule has 0 aliphatic carbocycles. The standard InChI is InChI=1S/C25H18O6/c1-29-19-8-3-2-5-15(19)12-21-24(28)17-9-10-20-23(25(17)31-21)18(13-22(27)30-20)14-6-4-7-16(26)11-14/h2-12,18,26H,13H2,1H3. The Morgan fingerprint density at radius 1 is 1.03 bits per heavy atom. The molecule has 0 saturated carbocycles. The monoisotopic (exact) mass is 414 g/mol. The Kier molecular flexibility index (Phi) is 4.47. The molecule has 154 valence electrons. The molecule has 5 rings (SSSR count). The van der Waals surface area contributed by atoms with Gasteiger partial charge in [-0.1, -0.05) is 30.3 Å². The van der Waals surface area contributed by atoms with E-state index in [2.05, 4.69) is 0 Å². The predicted molar refractivity (Wildman–Crippen MR) is 113 cm³/mol. The molecule has 1 N–H and O–H groups in total. The topological polar surface area (TPSA) is 82.1 Å². The van der Waals surface area contributed by atoms with E-state index in [-0.39, 0.29) is 29.7 Å². The van der Waals surface area contributed by atoms with Gasteiger partial charge in [0.05, 0.1) is 19.1 Å². The summed E-state index contributed by atoms with van der Waals surface area (Å²) in [5.74, 6) is 0.579. The van der Waals surface area contributed by atoms with E-state index in [0.717, 1.165) is 5.56 Å². The lowest BCUT2D eigenvalue weighted by atomic mass is 9.84. The molecule has 3 aromatic carbocycles. The van der Waals surface area contributed by atoms with Gasteiger partial charge in [0.1, 0.15) is 23.0 Å². The van der Waals surface area contributed by atoms with E-state index in [0.29, 0.717) is 33.9 Å². The molecule has 6 nitrogen and oxygen atoms in total. The van der Waals surface area contributed by atoms with Crippen LogP contribution >= 0.6 is 0 Å². The zero-order chi connectivity index (χ0) is 21.5. The summed E-state index contributed by atoms with van der Waals surface area (Å²) in [5, 5.41) is 9.93. The first-order valence-electron chi connectivity index (χ1n) is 9.79. The van der Waals surface area contributed by atoms with Gasteiger partial charge in [-0.3, -0.25) is 9.59 Å². The first kappa shape index (κ1) is 18.9. The van der Waals surface area contributed by atoms with E-state index < -0.39 is 5.92 Å². The molecule has 2 aliphatic heterocycles. The van der Waals surface area contributed by atoms with Crippen molar-refractivity contribution >= 4 is 17.8 Å². The minimum absolute atomic E-state index is 0.0794. The molecule has 0 saturated heterocycles. The van der Waals surface area contributed by atoms with E-state index in [1.54, 1.807) is 49.6 Å². The van der Waals surface area contributed by atoms with Gasteiger partial charge in [-0.2, -0.15) is 0 Å². The van der Waals surface area contributed by atoms with Gasteiger partial charge in [-0.05, 0) is 42.0 Å². The number of phenolic OH excluding ortho intramolecular Hbond substituents is 1. The smallest absolute Gasteiger partial charge is 0.312 e. The van der Waals surface area contributed by atoms with E-state index in [4.69, 9.17) is 14.2 Å². The fraction of sp³-hybridized carbons (Fsp3) is 0.120. The number of benzene rings is 3. The van der Waals surface area contributed by atoms with Crippen LogP contribution in [0, 0.1) is 0 Å². The maximum Gasteiger partial charge on any atom is 0.312 e. The van der Waals surface area contributed by atoms with Crippen LogP contribution in [0.3, 0.4) is 0 Å². The largest absolute Gasteiger partial charge is 0.508 e. The predicted octanol–water partition coefficient (Wildman–Crippen LogP) is 4.46. The van der Waals surface area contributed by atoms with E-state index in [1.165, 1.54) is 0 Å². The van der Waals surface area contributed by atoms with E-state index in [9.17, 15) is 14.7 Å². The van der Waals surface area contributed by atoms with Crippen molar-refractivity contribution in [2.24, 2.45) is 0 Å². The van der Waals surface area contributed by atoms with Gasteiger partial charge in [0.25, 0.3) is 0 Å². The summed E-state index contributed by atoms with van der Waals surface area (Å²) in [5.41, 5.74) is 2.48. The SMILES string of the molecule is COc1ccccc1C=C1Oc2c(ccc3c2C(c2cccc(O)c2)CC(=O)O3)C1=O. The molecule has 0 radical (unpaired) electrons. The molecule has 0 amide bonds. The fourth-order valence-corrected chi connectivity index (χ4v) is 4.06. The summed E-state index contributed by atoms with van der Waals surface area (Å²) >= 11 is 0. The molecular weight excluding hydrogens is 396 g/mol. The number of hydrogen-bond donors (Lipinski definition) is 1. The van der Waals surface area contributed by atoms with Gasteiger partial charge in [0.15, 0.2) is 5.76 Å². The number of phenols is 1.